The quantitative estimate of drug-likeness (QED) is 0.804. The average Bonchev–Trinajstić information content (AvgIpc) is 2.99. The molecule has 0 fully saturated rings. The second-order valence-corrected chi connectivity index (χ2v) is 6.35. The highest BCUT2D eigenvalue weighted by atomic mass is 32.2. The molecular weight excluding hydrogens is 272 g/mol. The maximum atomic E-state index is 12.4. The minimum Gasteiger partial charge on any atom is -0.364 e. The van der Waals surface area contributed by atoms with Crippen molar-refractivity contribution in [2.75, 3.05) is 0 Å². The third kappa shape index (κ3) is 3.18. The van der Waals surface area contributed by atoms with Crippen LogP contribution in [-0.2, 0) is 10.0 Å². The molecule has 2 rings (SSSR count). The van der Waals surface area contributed by atoms with E-state index in [0.29, 0.717) is 0 Å². The predicted molar refractivity (Wildman–Crippen MR) is 79.7 cm³/mol. The highest BCUT2D eigenvalue weighted by molar-refractivity contribution is 7.89. The van der Waals surface area contributed by atoms with Gasteiger partial charge >= 0.3 is 0 Å². The number of aromatic amines is 1. The van der Waals surface area contributed by atoms with E-state index in [9.17, 15) is 8.42 Å². The summed E-state index contributed by atoms with van der Waals surface area (Å²) in [6, 6.07) is 11.7. The maximum Gasteiger partial charge on any atom is 0.241 e. The summed E-state index contributed by atoms with van der Waals surface area (Å²) in [5.41, 5.74) is 0.817. The Hall–Kier alpha value is -1.85. The molecule has 0 spiro atoms. The number of H-pyrrole nitrogens is 1. The summed E-state index contributed by atoms with van der Waals surface area (Å²) in [6.45, 7) is 5.67. The van der Waals surface area contributed by atoms with Crippen LogP contribution in [0.25, 0.3) is 0 Å². The van der Waals surface area contributed by atoms with Crippen LogP contribution in [0.3, 0.4) is 0 Å². The topological polar surface area (TPSA) is 62.0 Å². The summed E-state index contributed by atoms with van der Waals surface area (Å²) in [4.78, 5) is 3.31. The lowest BCUT2D eigenvalue weighted by Crippen LogP contribution is -2.32. The van der Waals surface area contributed by atoms with Gasteiger partial charge in [-0.15, -0.1) is 6.58 Å². The normalized spacial score (nSPS) is 14.7. The Bertz CT molecular complexity index is 648. The van der Waals surface area contributed by atoms with E-state index in [2.05, 4.69) is 16.3 Å². The van der Waals surface area contributed by atoms with Gasteiger partial charge in [-0.1, -0.05) is 31.2 Å². The van der Waals surface area contributed by atoms with Crippen LogP contribution < -0.4 is 4.72 Å². The first-order chi connectivity index (χ1) is 9.54. The van der Waals surface area contributed by atoms with Crippen LogP contribution in [0.15, 0.2) is 66.2 Å². The van der Waals surface area contributed by atoms with E-state index in [4.69, 9.17) is 0 Å². The van der Waals surface area contributed by atoms with E-state index in [1.54, 1.807) is 42.6 Å². The van der Waals surface area contributed by atoms with E-state index < -0.39 is 10.0 Å². The van der Waals surface area contributed by atoms with Crippen molar-refractivity contribution in [1.29, 1.82) is 0 Å². The fourth-order valence-electron chi connectivity index (χ4n) is 1.96. The Morgan fingerprint density at radius 1 is 1.20 bits per heavy atom. The number of sulfonamides is 1. The van der Waals surface area contributed by atoms with Crippen molar-refractivity contribution in [3.05, 3.63) is 67.0 Å². The van der Waals surface area contributed by atoms with Crippen molar-refractivity contribution in [2.45, 2.75) is 17.9 Å². The number of nitrogens with one attached hydrogen (secondary N) is 2. The van der Waals surface area contributed by atoms with Crippen LogP contribution in [0.2, 0.25) is 0 Å². The molecule has 2 N–H and O–H groups in total. The lowest BCUT2D eigenvalue weighted by molar-refractivity contribution is 0.490. The average molecular weight is 290 g/mol. The summed E-state index contributed by atoms with van der Waals surface area (Å²) >= 11 is 0. The Balaban J connectivity index is 2.31. The van der Waals surface area contributed by atoms with Crippen LogP contribution in [-0.4, -0.2) is 13.4 Å². The molecule has 0 saturated carbocycles. The maximum absolute atomic E-state index is 12.4. The van der Waals surface area contributed by atoms with Gasteiger partial charge in [0.25, 0.3) is 0 Å². The molecule has 4 nitrogen and oxygen atoms in total. The Labute approximate surface area is 119 Å². The summed E-state index contributed by atoms with van der Waals surface area (Å²) < 4.78 is 27.5. The highest BCUT2D eigenvalue weighted by Crippen LogP contribution is 2.24. The van der Waals surface area contributed by atoms with E-state index in [0.717, 1.165) is 5.69 Å². The monoisotopic (exact) mass is 290 g/mol. The zero-order valence-corrected chi connectivity index (χ0v) is 12.1. The highest BCUT2D eigenvalue weighted by Gasteiger charge is 2.25. The number of hydrogen-bond donors (Lipinski definition) is 2. The van der Waals surface area contributed by atoms with Crippen molar-refractivity contribution < 1.29 is 8.42 Å². The molecule has 0 radical (unpaired) electrons. The summed E-state index contributed by atoms with van der Waals surface area (Å²) in [7, 11) is -3.56. The standard InChI is InChI=1S/C15H18N2O2S/c1-3-12(2)15(14-10-7-11-16-14)17-20(18,19)13-8-5-4-6-9-13/h3-12,15-17H,1H2,2H3/t12-,15+/m0/s1. The zero-order chi connectivity index (χ0) is 14.6. The molecule has 106 valence electrons. The first-order valence-corrected chi connectivity index (χ1v) is 7.86. The summed E-state index contributed by atoms with van der Waals surface area (Å²) in [5, 5.41) is 0. The largest absolute Gasteiger partial charge is 0.364 e. The van der Waals surface area contributed by atoms with Gasteiger partial charge in [-0.3, -0.25) is 0 Å². The lowest BCUT2D eigenvalue weighted by Gasteiger charge is -2.22. The van der Waals surface area contributed by atoms with Crippen molar-refractivity contribution in [2.24, 2.45) is 5.92 Å². The Morgan fingerprint density at radius 3 is 2.45 bits per heavy atom. The molecule has 2 atom stereocenters. The van der Waals surface area contributed by atoms with Gasteiger partial charge in [0.2, 0.25) is 10.0 Å². The smallest absolute Gasteiger partial charge is 0.241 e. The van der Waals surface area contributed by atoms with Gasteiger partial charge in [-0.2, -0.15) is 0 Å². The third-order valence-corrected chi connectivity index (χ3v) is 4.65. The molecule has 2 aromatic rings. The molecule has 0 unspecified atom stereocenters. The molecule has 1 heterocycles. The number of rotatable bonds is 6. The summed E-state index contributed by atoms with van der Waals surface area (Å²) in [6.07, 6.45) is 3.51. The van der Waals surface area contributed by atoms with E-state index in [1.165, 1.54) is 0 Å². The number of benzene rings is 1. The SMILES string of the molecule is C=C[C@H](C)[C@@H](NS(=O)(=O)c1ccccc1)c1ccc[nH]1. The van der Waals surface area contributed by atoms with Crippen LogP contribution in [0.1, 0.15) is 18.7 Å². The second-order valence-electron chi connectivity index (χ2n) is 4.63. The molecule has 0 amide bonds. The Kier molecular flexibility index (Phi) is 4.42. The molecule has 20 heavy (non-hydrogen) atoms. The Morgan fingerprint density at radius 2 is 1.90 bits per heavy atom. The first-order valence-electron chi connectivity index (χ1n) is 6.38. The third-order valence-electron chi connectivity index (χ3n) is 3.19. The fraction of sp³-hybridized carbons (Fsp3) is 0.200. The van der Waals surface area contributed by atoms with Gasteiger partial charge in [0, 0.05) is 11.9 Å². The molecule has 0 saturated heterocycles. The van der Waals surface area contributed by atoms with Gasteiger partial charge in [0.15, 0.2) is 0 Å². The van der Waals surface area contributed by atoms with Gasteiger partial charge in [-0.25, -0.2) is 13.1 Å². The van der Waals surface area contributed by atoms with Crippen LogP contribution in [0.5, 0.6) is 0 Å². The van der Waals surface area contributed by atoms with Crippen molar-refractivity contribution >= 4 is 10.0 Å². The fourth-order valence-corrected chi connectivity index (χ4v) is 3.29. The zero-order valence-electron chi connectivity index (χ0n) is 11.3. The van der Waals surface area contributed by atoms with Gasteiger partial charge in [0.1, 0.15) is 0 Å². The van der Waals surface area contributed by atoms with Crippen LogP contribution in [0, 0.1) is 5.92 Å². The summed E-state index contributed by atoms with van der Waals surface area (Å²) in [5.74, 6) is -0.0351. The minimum absolute atomic E-state index is 0.0351. The van der Waals surface area contributed by atoms with Gasteiger partial charge in [-0.05, 0) is 30.2 Å². The molecule has 0 aliphatic carbocycles. The van der Waals surface area contributed by atoms with Gasteiger partial charge < -0.3 is 4.98 Å². The van der Waals surface area contributed by atoms with Crippen molar-refractivity contribution in [1.82, 2.24) is 9.71 Å². The van der Waals surface area contributed by atoms with Crippen LogP contribution in [0.4, 0.5) is 0 Å². The molecule has 0 aliphatic heterocycles. The van der Waals surface area contributed by atoms with E-state index >= 15 is 0 Å². The number of aromatic nitrogens is 1. The molecule has 0 aliphatic rings. The van der Waals surface area contributed by atoms with Gasteiger partial charge in [0.05, 0.1) is 10.9 Å². The second kappa shape index (κ2) is 6.07. The first kappa shape index (κ1) is 14.6. The predicted octanol–water partition coefficient (Wildman–Crippen LogP) is 2.86. The minimum atomic E-state index is -3.56. The number of hydrogen-bond acceptors (Lipinski definition) is 2. The van der Waals surface area contributed by atoms with E-state index in [1.807, 2.05) is 19.1 Å². The van der Waals surface area contributed by atoms with E-state index in [-0.39, 0.29) is 16.9 Å². The molecule has 1 aromatic carbocycles. The molecule has 1 aromatic heterocycles. The molecular formula is C15H18N2O2S. The lowest BCUT2D eigenvalue weighted by atomic mass is 10.0. The molecule has 5 heteroatoms. The molecule has 0 bridgehead atoms. The van der Waals surface area contributed by atoms with Crippen LogP contribution >= 0.6 is 0 Å². The van der Waals surface area contributed by atoms with Crippen molar-refractivity contribution in [3.63, 3.8) is 0 Å². The van der Waals surface area contributed by atoms with Crippen molar-refractivity contribution in [3.8, 4) is 0 Å².